The summed E-state index contributed by atoms with van der Waals surface area (Å²) in [5, 5.41) is 25.8. The van der Waals surface area contributed by atoms with E-state index in [0.717, 1.165) is 0 Å². The lowest BCUT2D eigenvalue weighted by molar-refractivity contribution is -0.591. The molecule has 0 saturated carbocycles. The van der Waals surface area contributed by atoms with Crippen LogP contribution in [0.5, 0.6) is 11.5 Å². The van der Waals surface area contributed by atoms with Gasteiger partial charge in [-0.3, -0.25) is 0 Å². The number of carbonyl (C=O) groups is 2. The number of rotatable bonds is 4. The molecule has 0 N–H and O–H groups in total. The highest BCUT2D eigenvalue weighted by atomic mass is 16.7. The van der Waals surface area contributed by atoms with E-state index in [-0.39, 0.29) is 46.8 Å². The molecule has 0 fully saturated rings. The Morgan fingerprint density at radius 3 is 1.54 bits per heavy atom. The van der Waals surface area contributed by atoms with Crippen LogP contribution in [0.4, 0.5) is 9.59 Å². The second-order valence-electron chi connectivity index (χ2n) is 5.41. The van der Waals surface area contributed by atoms with Gasteiger partial charge >= 0.3 is 23.3 Å². The van der Waals surface area contributed by atoms with Gasteiger partial charge in [0.05, 0.1) is 13.2 Å². The Kier molecular flexibility index (Phi) is 5.30. The highest BCUT2D eigenvalue weighted by Crippen LogP contribution is 2.27. The van der Waals surface area contributed by atoms with Crippen molar-refractivity contribution in [1.29, 1.82) is 0 Å². The van der Waals surface area contributed by atoms with Crippen LogP contribution in [-0.2, 0) is 9.47 Å². The Labute approximate surface area is 158 Å². The van der Waals surface area contributed by atoms with Crippen molar-refractivity contribution in [2.75, 3.05) is 13.2 Å². The van der Waals surface area contributed by atoms with E-state index in [1.807, 2.05) is 0 Å². The lowest BCUT2D eigenvalue weighted by Gasteiger charge is -2.12. The topological polar surface area (TPSA) is 125 Å². The summed E-state index contributed by atoms with van der Waals surface area (Å²) in [5.41, 5.74) is -0.536. The largest absolute Gasteiger partial charge is 0.617 e. The molecule has 3 aromatic rings. The number of fused-ring (bicyclic) bond motifs is 2. The first-order valence-corrected chi connectivity index (χ1v) is 8.37. The normalized spacial score (nSPS) is 10.6. The zero-order chi connectivity index (χ0) is 20.3. The molecule has 1 aromatic heterocycles. The molecule has 0 aliphatic rings. The number of ether oxygens (including phenoxy) is 4. The van der Waals surface area contributed by atoms with Crippen molar-refractivity contribution in [2.45, 2.75) is 13.8 Å². The molecule has 146 valence electrons. The lowest BCUT2D eigenvalue weighted by atomic mass is 10.2. The summed E-state index contributed by atoms with van der Waals surface area (Å²) in [4.78, 5) is 23.3. The van der Waals surface area contributed by atoms with Crippen LogP contribution < -0.4 is 18.9 Å². The fraction of sp³-hybridized carbons (Fsp3) is 0.222. The predicted molar refractivity (Wildman–Crippen MR) is 94.7 cm³/mol. The van der Waals surface area contributed by atoms with Gasteiger partial charge in [-0.25, -0.2) is 9.59 Å². The van der Waals surface area contributed by atoms with E-state index in [4.69, 9.17) is 18.9 Å². The third-order valence-corrected chi connectivity index (χ3v) is 3.71. The maximum Gasteiger partial charge on any atom is 0.514 e. The van der Waals surface area contributed by atoms with Gasteiger partial charge in [-0.05, 0) is 26.0 Å². The molecule has 10 nitrogen and oxygen atoms in total. The van der Waals surface area contributed by atoms with Crippen molar-refractivity contribution < 1.29 is 38.0 Å². The number of nitrogens with zero attached hydrogens (tertiary/aromatic N) is 2. The molecule has 0 bridgehead atoms. The van der Waals surface area contributed by atoms with Gasteiger partial charge in [-0.2, -0.15) is 9.46 Å². The molecule has 1 heterocycles. The average molecular weight is 388 g/mol. The second-order valence-corrected chi connectivity index (χ2v) is 5.41. The van der Waals surface area contributed by atoms with E-state index in [9.17, 15) is 20.0 Å². The fourth-order valence-corrected chi connectivity index (χ4v) is 2.64. The molecule has 0 aliphatic heterocycles. The maximum absolute atomic E-state index is 12.9. The molecule has 0 radical (unpaired) electrons. The molecule has 0 amide bonds. The van der Waals surface area contributed by atoms with E-state index in [2.05, 4.69) is 0 Å². The van der Waals surface area contributed by atoms with Crippen molar-refractivity contribution in [2.24, 2.45) is 0 Å². The van der Waals surface area contributed by atoms with Crippen LogP contribution in [0.25, 0.3) is 22.1 Å². The van der Waals surface area contributed by atoms with E-state index in [1.165, 1.54) is 36.4 Å². The Morgan fingerprint density at radius 1 is 0.786 bits per heavy atom. The summed E-state index contributed by atoms with van der Waals surface area (Å²) in [5.74, 6) is -0.289. The SMILES string of the molecule is CCOC(=O)Oc1cccc2c1[n+]([O-])c1cccc(OC(=O)OCC)c1[n+]2[O-]. The molecule has 0 unspecified atom stereocenters. The molecule has 2 aromatic carbocycles. The van der Waals surface area contributed by atoms with E-state index in [0.29, 0.717) is 9.46 Å². The molecular formula is C18H16N2O8. The highest BCUT2D eigenvalue weighted by Gasteiger charge is 2.29. The standard InChI is InChI=1S/C18H16N2O8/c1-3-25-17(21)27-13-9-5-7-11-15(13)19(23)12-8-6-10-14(16(12)20(11)24)28-18(22)26-4-2/h5-10H,3-4H2,1-2H3. The Bertz CT molecular complexity index is 981. The van der Waals surface area contributed by atoms with E-state index < -0.39 is 12.3 Å². The van der Waals surface area contributed by atoms with Gasteiger partial charge in [0.15, 0.2) is 0 Å². The minimum absolute atomic E-state index is 0.0834. The number of benzene rings is 2. The van der Waals surface area contributed by atoms with E-state index >= 15 is 0 Å². The molecule has 0 saturated heterocycles. The Balaban J connectivity index is 2.22. The summed E-state index contributed by atoms with van der Waals surface area (Å²) in [6, 6.07) is 8.33. The Hall–Kier alpha value is -3.82. The number of carbonyl (C=O) groups excluding carboxylic acids is 2. The van der Waals surface area contributed by atoms with Gasteiger partial charge in [0.25, 0.3) is 11.0 Å². The summed E-state index contributed by atoms with van der Waals surface area (Å²) in [6.07, 6.45) is -2.01. The zero-order valence-corrected chi connectivity index (χ0v) is 15.0. The van der Waals surface area contributed by atoms with Crippen LogP contribution in [0.1, 0.15) is 13.8 Å². The first-order chi connectivity index (χ1) is 13.5. The van der Waals surface area contributed by atoms with Crippen LogP contribution in [0.2, 0.25) is 0 Å². The smallest absolute Gasteiger partial charge is 0.514 e. The van der Waals surface area contributed by atoms with E-state index in [1.54, 1.807) is 13.8 Å². The highest BCUT2D eigenvalue weighted by molar-refractivity contribution is 5.85. The molecule has 3 rings (SSSR count). The number of hydrogen-bond acceptors (Lipinski definition) is 8. The molecule has 28 heavy (non-hydrogen) atoms. The molecular weight excluding hydrogens is 372 g/mol. The van der Waals surface area contributed by atoms with Crippen LogP contribution >= 0.6 is 0 Å². The number of aromatic nitrogens is 2. The molecule has 0 spiro atoms. The fourth-order valence-electron chi connectivity index (χ4n) is 2.64. The summed E-state index contributed by atoms with van der Waals surface area (Å²) >= 11 is 0. The first-order valence-electron chi connectivity index (χ1n) is 8.37. The van der Waals surface area contributed by atoms with Crippen LogP contribution in [-0.4, -0.2) is 25.5 Å². The molecule has 10 heteroatoms. The second kappa shape index (κ2) is 7.82. The minimum Gasteiger partial charge on any atom is -0.617 e. The van der Waals surface area contributed by atoms with Crippen molar-refractivity contribution in [3.8, 4) is 11.5 Å². The van der Waals surface area contributed by atoms with Crippen LogP contribution in [0.3, 0.4) is 0 Å². The predicted octanol–water partition coefficient (Wildman–Crippen LogP) is 2.33. The zero-order valence-electron chi connectivity index (χ0n) is 15.0. The van der Waals surface area contributed by atoms with Crippen molar-refractivity contribution >= 4 is 34.4 Å². The number of hydrogen-bond donors (Lipinski definition) is 0. The third kappa shape index (κ3) is 3.39. The molecule has 0 aliphatic carbocycles. The quantitative estimate of drug-likeness (QED) is 0.219. The van der Waals surface area contributed by atoms with Gasteiger partial charge in [-0.1, -0.05) is 12.1 Å². The minimum atomic E-state index is -1.01. The number of para-hydroxylation sites is 2. The van der Waals surface area contributed by atoms with Gasteiger partial charge in [0.1, 0.15) is 0 Å². The first kappa shape index (κ1) is 19.0. The lowest BCUT2D eigenvalue weighted by Crippen LogP contribution is -2.40. The van der Waals surface area contributed by atoms with Gasteiger partial charge in [-0.15, -0.1) is 0 Å². The maximum atomic E-state index is 12.9. The average Bonchev–Trinajstić information content (AvgIpc) is 2.66. The Morgan fingerprint density at radius 2 is 1.18 bits per heavy atom. The van der Waals surface area contributed by atoms with Gasteiger partial charge < -0.3 is 29.4 Å². The van der Waals surface area contributed by atoms with Gasteiger partial charge in [0, 0.05) is 12.1 Å². The summed E-state index contributed by atoms with van der Waals surface area (Å²) in [7, 11) is 0. The summed E-state index contributed by atoms with van der Waals surface area (Å²) < 4.78 is 20.3. The van der Waals surface area contributed by atoms with Crippen LogP contribution in [0.15, 0.2) is 36.4 Å². The monoisotopic (exact) mass is 388 g/mol. The van der Waals surface area contributed by atoms with Gasteiger partial charge in [0.2, 0.25) is 11.5 Å². The van der Waals surface area contributed by atoms with Crippen LogP contribution in [0, 0.1) is 10.4 Å². The molecule has 0 atom stereocenters. The van der Waals surface area contributed by atoms with Crippen molar-refractivity contribution in [3.05, 3.63) is 46.8 Å². The summed E-state index contributed by atoms with van der Waals surface area (Å²) in [6.45, 7) is 3.37. The van der Waals surface area contributed by atoms with Crippen molar-refractivity contribution in [1.82, 2.24) is 0 Å². The third-order valence-electron chi connectivity index (χ3n) is 3.71. The van der Waals surface area contributed by atoms with Crippen molar-refractivity contribution in [3.63, 3.8) is 0 Å².